The number of benzene rings is 2. The molecule has 22 heavy (non-hydrogen) atoms. The Morgan fingerprint density at radius 2 is 1.36 bits per heavy atom. The molecule has 0 amide bonds. The lowest BCUT2D eigenvalue weighted by atomic mass is 10.1. The lowest BCUT2D eigenvalue weighted by Gasteiger charge is -2.23. The van der Waals surface area contributed by atoms with E-state index in [4.69, 9.17) is 5.11 Å². The zero-order valence-corrected chi connectivity index (χ0v) is 15.1. The van der Waals surface area contributed by atoms with Crippen molar-refractivity contribution in [3.63, 3.8) is 0 Å². The van der Waals surface area contributed by atoms with E-state index in [1.165, 1.54) is 40.8 Å². The normalized spacial score (nSPS) is 11.6. The maximum absolute atomic E-state index is 9.00. The number of rotatable bonds is 7. The fourth-order valence-electron chi connectivity index (χ4n) is 2.89. The van der Waals surface area contributed by atoms with Gasteiger partial charge in [0.1, 0.15) is 0 Å². The number of aryl methyl sites for hydroxylation is 2. The highest BCUT2D eigenvalue weighted by Gasteiger charge is 2.22. The van der Waals surface area contributed by atoms with Crippen LogP contribution in [-0.4, -0.2) is 19.8 Å². The van der Waals surface area contributed by atoms with Crippen LogP contribution in [0, 0.1) is 6.92 Å². The van der Waals surface area contributed by atoms with Crippen LogP contribution in [0.25, 0.3) is 0 Å². The number of aliphatic hydroxyl groups is 1. The lowest BCUT2D eigenvalue weighted by Crippen LogP contribution is -2.41. The molecule has 0 saturated heterocycles. The zero-order chi connectivity index (χ0) is 16.0. The summed E-state index contributed by atoms with van der Waals surface area (Å²) < 4.78 is 0. The number of aliphatic hydroxyl groups excluding tert-OH is 1. The average Bonchev–Trinajstić information content (AvgIpc) is 2.50. The van der Waals surface area contributed by atoms with E-state index in [9.17, 15) is 0 Å². The molecule has 2 aromatic carbocycles. The van der Waals surface area contributed by atoms with Crippen molar-refractivity contribution in [1.29, 1.82) is 0 Å². The largest absolute Gasteiger partial charge is 0.396 e. The minimum absolute atomic E-state index is 0.233. The Kier molecular flexibility index (Phi) is 5.98. The Labute approximate surface area is 136 Å². The minimum atomic E-state index is -1.35. The summed E-state index contributed by atoms with van der Waals surface area (Å²) in [5.41, 5.74) is 4.02. The van der Waals surface area contributed by atoms with Crippen molar-refractivity contribution in [2.45, 2.75) is 45.3 Å². The first kappa shape index (κ1) is 17.0. The Morgan fingerprint density at radius 3 is 1.95 bits per heavy atom. The maximum Gasteiger partial charge on any atom is 0.0806 e. The predicted octanol–water partition coefficient (Wildman–Crippen LogP) is 4.08. The molecule has 0 aliphatic rings. The molecule has 0 fully saturated rings. The standard InChI is InChI=1S/C20H28OSi/c1-17-6-8-18(9-7-17)5-4-16-22(2,3)20-12-10-19(11-13-20)14-15-21/h6-13,21H,4-5,14-16H2,1-3H3. The highest BCUT2D eigenvalue weighted by molar-refractivity contribution is 6.89. The van der Waals surface area contributed by atoms with E-state index in [1.54, 1.807) is 0 Å². The van der Waals surface area contributed by atoms with E-state index in [0.717, 1.165) is 6.42 Å². The van der Waals surface area contributed by atoms with E-state index < -0.39 is 8.07 Å². The smallest absolute Gasteiger partial charge is 0.0806 e. The van der Waals surface area contributed by atoms with Gasteiger partial charge in [0.25, 0.3) is 0 Å². The van der Waals surface area contributed by atoms with Gasteiger partial charge < -0.3 is 5.11 Å². The molecular formula is C20H28OSi. The number of hydrogen-bond donors (Lipinski definition) is 1. The molecule has 0 spiro atoms. The van der Waals surface area contributed by atoms with Gasteiger partial charge in [-0.1, -0.05) is 84.8 Å². The summed E-state index contributed by atoms with van der Waals surface area (Å²) in [4.78, 5) is 0. The van der Waals surface area contributed by atoms with Crippen molar-refractivity contribution in [3.8, 4) is 0 Å². The summed E-state index contributed by atoms with van der Waals surface area (Å²) >= 11 is 0. The summed E-state index contributed by atoms with van der Waals surface area (Å²) in [5.74, 6) is 0. The molecule has 0 radical (unpaired) electrons. The Hall–Kier alpha value is -1.38. The first-order valence-electron chi connectivity index (χ1n) is 8.27. The SMILES string of the molecule is Cc1ccc(CCC[Si](C)(C)c2ccc(CCO)cc2)cc1. The molecule has 2 aromatic rings. The monoisotopic (exact) mass is 312 g/mol. The second-order valence-electron chi connectivity index (χ2n) is 6.89. The van der Waals surface area contributed by atoms with Crippen molar-refractivity contribution in [3.05, 3.63) is 65.2 Å². The molecule has 0 aliphatic heterocycles. The molecule has 118 valence electrons. The average molecular weight is 313 g/mol. The molecule has 2 heteroatoms. The van der Waals surface area contributed by atoms with Gasteiger partial charge in [-0.3, -0.25) is 0 Å². The zero-order valence-electron chi connectivity index (χ0n) is 14.1. The summed E-state index contributed by atoms with van der Waals surface area (Å²) in [6, 6.07) is 19.2. The van der Waals surface area contributed by atoms with Crippen LogP contribution >= 0.6 is 0 Å². The van der Waals surface area contributed by atoms with Gasteiger partial charge in [-0.2, -0.15) is 0 Å². The van der Waals surface area contributed by atoms with Crippen molar-refractivity contribution in [1.82, 2.24) is 0 Å². The van der Waals surface area contributed by atoms with E-state index in [1.807, 2.05) is 0 Å². The van der Waals surface area contributed by atoms with Gasteiger partial charge in [-0.15, -0.1) is 0 Å². The summed E-state index contributed by atoms with van der Waals surface area (Å²) in [6.07, 6.45) is 3.20. The van der Waals surface area contributed by atoms with Crippen LogP contribution in [0.4, 0.5) is 0 Å². The highest BCUT2D eigenvalue weighted by Crippen LogP contribution is 2.16. The highest BCUT2D eigenvalue weighted by atomic mass is 28.3. The molecule has 0 saturated carbocycles. The third-order valence-corrected chi connectivity index (χ3v) is 8.02. The van der Waals surface area contributed by atoms with Crippen LogP contribution < -0.4 is 5.19 Å². The molecular weight excluding hydrogens is 284 g/mol. The molecule has 0 bridgehead atoms. The van der Waals surface area contributed by atoms with Crippen molar-refractivity contribution >= 4 is 13.3 Å². The summed E-state index contributed by atoms with van der Waals surface area (Å²) in [7, 11) is -1.35. The lowest BCUT2D eigenvalue weighted by molar-refractivity contribution is 0.299. The van der Waals surface area contributed by atoms with Crippen molar-refractivity contribution in [2.24, 2.45) is 0 Å². The fraction of sp³-hybridized carbons (Fsp3) is 0.400. The number of hydrogen-bond acceptors (Lipinski definition) is 1. The molecule has 1 nitrogen and oxygen atoms in total. The van der Waals surface area contributed by atoms with Gasteiger partial charge in [0.15, 0.2) is 0 Å². The molecule has 1 N–H and O–H groups in total. The molecule has 0 heterocycles. The van der Waals surface area contributed by atoms with Crippen LogP contribution in [0.5, 0.6) is 0 Å². The second kappa shape index (κ2) is 7.75. The fourth-order valence-corrected chi connectivity index (χ4v) is 5.30. The van der Waals surface area contributed by atoms with Crippen LogP contribution in [0.1, 0.15) is 23.1 Å². The second-order valence-corrected chi connectivity index (χ2v) is 11.7. The molecule has 0 atom stereocenters. The van der Waals surface area contributed by atoms with Gasteiger partial charge >= 0.3 is 0 Å². The minimum Gasteiger partial charge on any atom is -0.396 e. The van der Waals surface area contributed by atoms with E-state index >= 15 is 0 Å². The van der Waals surface area contributed by atoms with Crippen molar-refractivity contribution < 1.29 is 5.11 Å². The van der Waals surface area contributed by atoms with Crippen LogP contribution in [0.2, 0.25) is 19.1 Å². The maximum atomic E-state index is 9.00. The molecule has 0 aliphatic carbocycles. The van der Waals surface area contributed by atoms with E-state index in [0.29, 0.717) is 0 Å². The first-order chi connectivity index (χ1) is 10.5. The quantitative estimate of drug-likeness (QED) is 0.764. The topological polar surface area (TPSA) is 20.2 Å². The van der Waals surface area contributed by atoms with Gasteiger partial charge in [0.2, 0.25) is 0 Å². The third-order valence-electron chi connectivity index (χ3n) is 4.52. The predicted molar refractivity (Wildman–Crippen MR) is 98.7 cm³/mol. The molecule has 0 unspecified atom stereocenters. The Balaban J connectivity index is 1.91. The van der Waals surface area contributed by atoms with Gasteiger partial charge in [0, 0.05) is 6.61 Å². The van der Waals surface area contributed by atoms with E-state index in [2.05, 4.69) is 68.5 Å². The van der Waals surface area contributed by atoms with Gasteiger partial charge in [0.05, 0.1) is 8.07 Å². The van der Waals surface area contributed by atoms with Gasteiger partial charge in [-0.05, 0) is 30.9 Å². The van der Waals surface area contributed by atoms with Crippen LogP contribution in [0.3, 0.4) is 0 Å². The Morgan fingerprint density at radius 1 is 0.818 bits per heavy atom. The van der Waals surface area contributed by atoms with Crippen molar-refractivity contribution in [2.75, 3.05) is 6.61 Å². The molecule has 0 aromatic heterocycles. The summed E-state index contributed by atoms with van der Waals surface area (Å²) in [6.45, 7) is 7.29. The first-order valence-corrected chi connectivity index (χ1v) is 11.5. The van der Waals surface area contributed by atoms with Crippen LogP contribution in [0.15, 0.2) is 48.5 Å². The Bertz CT molecular complexity index is 570. The summed E-state index contributed by atoms with van der Waals surface area (Å²) in [5, 5.41) is 10.5. The van der Waals surface area contributed by atoms with E-state index in [-0.39, 0.29) is 6.61 Å². The third kappa shape index (κ3) is 4.82. The van der Waals surface area contributed by atoms with Crippen LogP contribution in [-0.2, 0) is 12.8 Å². The molecule has 2 rings (SSSR count). The van der Waals surface area contributed by atoms with Gasteiger partial charge in [-0.25, -0.2) is 0 Å².